The van der Waals surface area contributed by atoms with Crippen molar-refractivity contribution in [1.29, 1.82) is 0 Å². The van der Waals surface area contributed by atoms with Gasteiger partial charge in [-0.1, -0.05) is 23.2 Å². The average Bonchev–Trinajstić information content (AvgIpc) is 2.46. The second-order valence-electron chi connectivity index (χ2n) is 4.46. The summed E-state index contributed by atoms with van der Waals surface area (Å²) in [6, 6.07) is 11.5. The van der Waals surface area contributed by atoms with E-state index >= 15 is 0 Å². The first-order chi connectivity index (χ1) is 10.1. The van der Waals surface area contributed by atoms with Crippen LogP contribution in [0.3, 0.4) is 0 Å². The van der Waals surface area contributed by atoms with Crippen LogP contribution in [0.1, 0.15) is 0 Å². The van der Waals surface area contributed by atoms with E-state index in [-0.39, 0.29) is 5.43 Å². The molecule has 1 heterocycles. The second-order valence-corrected chi connectivity index (χ2v) is 5.30. The van der Waals surface area contributed by atoms with Crippen LogP contribution >= 0.6 is 23.2 Å². The molecule has 3 nitrogen and oxygen atoms in total. The highest BCUT2D eigenvalue weighted by molar-refractivity contribution is 6.36. The molecule has 0 saturated heterocycles. The van der Waals surface area contributed by atoms with E-state index in [0.29, 0.717) is 38.1 Å². The Labute approximate surface area is 130 Å². The molecule has 1 aromatic heterocycles. The Balaban J connectivity index is 2.26. The summed E-state index contributed by atoms with van der Waals surface area (Å²) in [6.07, 6.45) is 0. The molecule has 21 heavy (non-hydrogen) atoms. The molecule has 5 heteroatoms. The van der Waals surface area contributed by atoms with E-state index in [1.807, 2.05) is 0 Å². The molecule has 0 unspecified atom stereocenters. The average molecular weight is 321 g/mol. The van der Waals surface area contributed by atoms with Crippen LogP contribution in [0, 0.1) is 0 Å². The second kappa shape index (κ2) is 5.43. The van der Waals surface area contributed by atoms with Crippen molar-refractivity contribution in [2.24, 2.45) is 0 Å². The Bertz CT molecular complexity index is 884. The van der Waals surface area contributed by atoms with E-state index in [1.54, 1.807) is 43.5 Å². The predicted molar refractivity (Wildman–Crippen MR) is 84.5 cm³/mol. The number of fused-ring (bicyclic) bond motifs is 1. The summed E-state index contributed by atoms with van der Waals surface area (Å²) < 4.78 is 10.9. The highest BCUT2D eigenvalue weighted by Crippen LogP contribution is 2.31. The number of ether oxygens (including phenoxy) is 1. The van der Waals surface area contributed by atoms with Gasteiger partial charge in [0.25, 0.3) is 0 Å². The topological polar surface area (TPSA) is 39.4 Å². The molecular weight excluding hydrogens is 311 g/mol. The molecule has 0 spiro atoms. The van der Waals surface area contributed by atoms with Crippen LogP contribution in [-0.4, -0.2) is 7.11 Å². The van der Waals surface area contributed by atoms with Crippen molar-refractivity contribution < 1.29 is 9.15 Å². The fourth-order valence-electron chi connectivity index (χ4n) is 2.08. The Morgan fingerprint density at radius 1 is 1.05 bits per heavy atom. The van der Waals surface area contributed by atoms with Gasteiger partial charge in [-0.3, -0.25) is 4.79 Å². The maximum Gasteiger partial charge on any atom is 0.193 e. The molecule has 2 aromatic carbocycles. The van der Waals surface area contributed by atoms with E-state index < -0.39 is 0 Å². The summed E-state index contributed by atoms with van der Waals surface area (Å²) >= 11 is 12.0. The fourth-order valence-corrected chi connectivity index (χ4v) is 2.59. The molecule has 0 amide bonds. The van der Waals surface area contributed by atoms with Crippen LogP contribution in [0.2, 0.25) is 10.0 Å². The zero-order valence-corrected chi connectivity index (χ0v) is 12.5. The van der Waals surface area contributed by atoms with Gasteiger partial charge in [0.2, 0.25) is 0 Å². The first-order valence-electron chi connectivity index (χ1n) is 6.16. The molecule has 0 aliphatic carbocycles. The van der Waals surface area contributed by atoms with Crippen molar-refractivity contribution in [3.63, 3.8) is 0 Å². The van der Waals surface area contributed by atoms with E-state index in [1.165, 1.54) is 6.07 Å². The smallest absolute Gasteiger partial charge is 0.193 e. The van der Waals surface area contributed by atoms with Gasteiger partial charge in [-0.25, -0.2) is 0 Å². The third-order valence-corrected chi connectivity index (χ3v) is 3.68. The SMILES string of the molecule is COc1ccc2c(=O)cc(-c3ccc(Cl)cc3Cl)oc2c1. The highest BCUT2D eigenvalue weighted by Gasteiger charge is 2.11. The minimum absolute atomic E-state index is 0.139. The third kappa shape index (κ3) is 2.62. The van der Waals surface area contributed by atoms with E-state index in [9.17, 15) is 4.79 Å². The van der Waals surface area contributed by atoms with Gasteiger partial charge in [0.1, 0.15) is 17.1 Å². The predicted octanol–water partition coefficient (Wildman–Crippen LogP) is 4.78. The summed E-state index contributed by atoms with van der Waals surface area (Å²) in [5, 5.41) is 1.44. The van der Waals surface area contributed by atoms with Crippen molar-refractivity contribution in [2.45, 2.75) is 0 Å². The molecule has 0 radical (unpaired) electrons. The first-order valence-corrected chi connectivity index (χ1v) is 6.91. The van der Waals surface area contributed by atoms with Crippen molar-refractivity contribution in [1.82, 2.24) is 0 Å². The molecule has 3 aromatic rings. The summed E-state index contributed by atoms with van der Waals surface area (Å²) in [4.78, 5) is 12.2. The lowest BCUT2D eigenvalue weighted by Gasteiger charge is -2.06. The van der Waals surface area contributed by atoms with Gasteiger partial charge in [-0.05, 0) is 30.3 Å². The van der Waals surface area contributed by atoms with Gasteiger partial charge in [0, 0.05) is 22.7 Å². The third-order valence-electron chi connectivity index (χ3n) is 3.13. The standard InChI is InChI=1S/C16H10Cl2O3/c1-20-10-3-5-12-14(19)8-16(21-15(12)7-10)11-4-2-9(17)6-13(11)18/h2-8H,1H3. The number of hydrogen-bond donors (Lipinski definition) is 0. The number of hydrogen-bond acceptors (Lipinski definition) is 3. The van der Waals surface area contributed by atoms with Crippen molar-refractivity contribution in [3.8, 4) is 17.1 Å². The fraction of sp³-hybridized carbons (Fsp3) is 0.0625. The Kier molecular flexibility index (Phi) is 3.62. The minimum Gasteiger partial charge on any atom is -0.497 e. The molecule has 3 rings (SSSR count). The molecule has 0 aliphatic rings. The maximum atomic E-state index is 12.2. The van der Waals surface area contributed by atoms with Gasteiger partial charge in [-0.2, -0.15) is 0 Å². The quantitative estimate of drug-likeness (QED) is 0.682. The van der Waals surface area contributed by atoms with Gasteiger partial charge in [0.15, 0.2) is 5.43 Å². The summed E-state index contributed by atoms with van der Waals surface area (Å²) in [5.41, 5.74) is 0.922. The number of benzene rings is 2. The number of halogens is 2. The molecule has 0 fully saturated rings. The zero-order valence-electron chi connectivity index (χ0n) is 11.0. The Hall–Kier alpha value is -1.97. The minimum atomic E-state index is -0.139. The monoisotopic (exact) mass is 320 g/mol. The summed E-state index contributed by atoms with van der Waals surface area (Å²) in [6.45, 7) is 0. The van der Waals surface area contributed by atoms with Crippen LogP contribution in [0.15, 0.2) is 51.7 Å². The van der Waals surface area contributed by atoms with Gasteiger partial charge in [0.05, 0.1) is 17.5 Å². The van der Waals surface area contributed by atoms with Crippen LogP contribution in [-0.2, 0) is 0 Å². The zero-order chi connectivity index (χ0) is 15.0. The van der Waals surface area contributed by atoms with Crippen molar-refractivity contribution >= 4 is 34.2 Å². The molecule has 0 saturated carbocycles. The lowest BCUT2D eigenvalue weighted by atomic mass is 10.1. The Morgan fingerprint density at radius 2 is 1.86 bits per heavy atom. The van der Waals surface area contributed by atoms with E-state index in [0.717, 1.165) is 0 Å². The first kappa shape index (κ1) is 14.0. The molecule has 0 aliphatic heterocycles. The van der Waals surface area contributed by atoms with Crippen LogP contribution in [0.25, 0.3) is 22.3 Å². The van der Waals surface area contributed by atoms with Crippen LogP contribution in [0.5, 0.6) is 5.75 Å². The molecular formula is C16H10Cl2O3. The van der Waals surface area contributed by atoms with Crippen molar-refractivity contribution in [2.75, 3.05) is 7.11 Å². The molecule has 0 bridgehead atoms. The maximum absolute atomic E-state index is 12.2. The lowest BCUT2D eigenvalue weighted by molar-refractivity contribution is 0.414. The normalized spacial score (nSPS) is 10.8. The van der Waals surface area contributed by atoms with E-state index in [4.69, 9.17) is 32.4 Å². The highest BCUT2D eigenvalue weighted by atomic mass is 35.5. The van der Waals surface area contributed by atoms with Gasteiger partial charge < -0.3 is 9.15 Å². The van der Waals surface area contributed by atoms with Gasteiger partial charge >= 0.3 is 0 Å². The van der Waals surface area contributed by atoms with E-state index in [2.05, 4.69) is 0 Å². The van der Waals surface area contributed by atoms with Crippen LogP contribution < -0.4 is 10.2 Å². The number of methoxy groups -OCH3 is 1. The molecule has 0 atom stereocenters. The number of rotatable bonds is 2. The summed E-state index contributed by atoms with van der Waals surface area (Å²) in [5.74, 6) is 1.01. The van der Waals surface area contributed by atoms with Crippen molar-refractivity contribution in [3.05, 3.63) is 62.7 Å². The lowest BCUT2D eigenvalue weighted by Crippen LogP contribution is -2.00. The van der Waals surface area contributed by atoms with Crippen LogP contribution in [0.4, 0.5) is 0 Å². The Morgan fingerprint density at radius 3 is 2.57 bits per heavy atom. The summed E-state index contributed by atoms with van der Waals surface area (Å²) in [7, 11) is 1.55. The molecule has 106 valence electrons. The largest absolute Gasteiger partial charge is 0.497 e. The van der Waals surface area contributed by atoms with Gasteiger partial charge in [-0.15, -0.1) is 0 Å². The molecule has 0 N–H and O–H groups in total.